The number of carbonyl (C=O) groups excluding carboxylic acids is 1. The summed E-state index contributed by atoms with van der Waals surface area (Å²) in [6, 6.07) is 7.98. The van der Waals surface area contributed by atoms with Crippen LogP contribution in [0.25, 0.3) is 11.3 Å². The summed E-state index contributed by atoms with van der Waals surface area (Å²) >= 11 is 0. The molecular weight excluding hydrogens is 329 g/mol. The van der Waals surface area contributed by atoms with Gasteiger partial charge in [0.15, 0.2) is 0 Å². The van der Waals surface area contributed by atoms with Crippen LogP contribution < -0.4 is 5.32 Å². The van der Waals surface area contributed by atoms with Gasteiger partial charge in [-0.05, 0) is 45.0 Å². The monoisotopic (exact) mass is 349 g/mol. The van der Waals surface area contributed by atoms with Crippen LogP contribution >= 0.6 is 0 Å². The lowest BCUT2D eigenvalue weighted by molar-refractivity contribution is -0.139. The van der Waals surface area contributed by atoms with Gasteiger partial charge < -0.3 is 19.6 Å². The van der Waals surface area contributed by atoms with Crippen LogP contribution in [0.15, 0.2) is 40.8 Å². The minimum absolute atomic E-state index is 0.0942. The number of carboxylic acid groups (broad SMARTS) is 1. The molecule has 2 rings (SSSR count). The molecule has 0 bridgehead atoms. The van der Waals surface area contributed by atoms with Crippen LogP contribution in [0.4, 0.5) is 9.18 Å². The number of aliphatic carboxylic acids is 1. The molecule has 0 aliphatic heterocycles. The van der Waals surface area contributed by atoms with Crippen molar-refractivity contribution in [1.29, 1.82) is 0 Å². The third kappa shape index (κ3) is 5.34. The van der Waals surface area contributed by atoms with Crippen molar-refractivity contribution in [2.75, 3.05) is 0 Å². The van der Waals surface area contributed by atoms with Gasteiger partial charge >= 0.3 is 12.1 Å². The number of alkyl carbamates (subject to hydrolysis) is 1. The van der Waals surface area contributed by atoms with Gasteiger partial charge in [-0.2, -0.15) is 0 Å². The largest absolute Gasteiger partial charge is 0.480 e. The molecule has 1 aromatic heterocycles. The molecule has 1 amide bonds. The van der Waals surface area contributed by atoms with E-state index in [2.05, 4.69) is 5.32 Å². The average Bonchev–Trinajstić information content (AvgIpc) is 2.93. The van der Waals surface area contributed by atoms with Crippen LogP contribution in [0.2, 0.25) is 0 Å². The van der Waals surface area contributed by atoms with E-state index >= 15 is 0 Å². The van der Waals surface area contributed by atoms with Crippen molar-refractivity contribution < 1.29 is 28.2 Å². The molecule has 25 heavy (non-hydrogen) atoms. The second-order valence-corrected chi connectivity index (χ2v) is 6.49. The average molecular weight is 349 g/mol. The molecule has 1 aromatic carbocycles. The summed E-state index contributed by atoms with van der Waals surface area (Å²) in [5.41, 5.74) is -0.462. The van der Waals surface area contributed by atoms with Gasteiger partial charge in [0.2, 0.25) is 0 Å². The van der Waals surface area contributed by atoms with Gasteiger partial charge in [0.25, 0.3) is 0 Å². The van der Waals surface area contributed by atoms with Gasteiger partial charge in [-0.3, -0.25) is 0 Å². The Morgan fingerprint density at radius 3 is 2.52 bits per heavy atom. The zero-order chi connectivity index (χ0) is 18.6. The van der Waals surface area contributed by atoms with E-state index in [-0.39, 0.29) is 17.7 Å². The van der Waals surface area contributed by atoms with E-state index in [1.54, 1.807) is 51.1 Å². The van der Waals surface area contributed by atoms with E-state index in [1.807, 2.05) is 0 Å². The number of furan rings is 1. The van der Waals surface area contributed by atoms with Crippen molar-refractivity contribution in [1.82, 2.24) is 5.32 Å². The van der Waals surface area contributed by atoms with Gasteiger partial charge in [-0.25, -0.2) is 14.0 Å². The lowest BCUT2D eigenvalue weighted by atomic mass is 10.1. The first-order chi connectivity index (χ1) is 11.7. The third-order valence-corrected chi connectivity index (χ3v) is 3.20. The standard InChI is InChI=1S/C18H20FNO5/c1-18(2,3)25-17(23)20-14(16(21)22)10-11-8-9-15(24-11)12-6-4-5-7-13(12)19/h4-9,14H,10H2,1-3H3,(H,20,23)(H,21,22). The number of nitrogens with one attached hydrogen (secondary N) is 1. The summed E-state index contributed by atoms with van der Waals surface area (Å²) in [5, 5.41) is 11.6. The molecule has 0 radical (unpaired) electrons. The second kappa shape index (κ2) is 7.38. The quantitative estimate of drug-likeness (QED) is 0.861. The summed E-state index contributed by atoms with van der Waals surface area (Å²) in [5.74, 6) is -1.07. The van der Waals surface area contributed by atoms with Gasteiger partial charge in [-0.1, -0.05) is 12.1 Å². The molecule has 0 saturated carbocycles. The summed E-state index contributed by atoms with van der Waals surface area (Å²) in [6.07, 6.45) is -0.927. The zero-order valence-electron chi connectivity index (χ0n) is 14.2. The first-order valence-electron chi connectivity index (χ1n) is 7.71. The molecule has 2 N–H and O–H groups in total. The van der Waals surface area contributed by atoms with Gasteiger partial charge in [0, 0.05) is 6.42 Å². The lowest BCUT2D eigenvalue weighted by Crippen LogP contribution is -2.44. The van der Waals surface area contributed by atoms with Crippen molar-refractivity contribution >= 4 is 12.1 Å². The fraction of sp³-hybridized carbons (Fsp3) is 0.333. The maximum atomic E-state index is 13.8. The number of carbonyl (C=O) groups is 2. The molecule has 1 atom stereocenters. The van der Waals surface area contributed by atoms with Crippen LogP contribution in [0.5, 0.6) is 0 Å². The van der Waals surface area contributed by atoms with Crippen molar-refractivity contribution in [3.63, 3.8) is 0 Å². The molecule has 0 spiro atoms. The number of benzene rings is 1. The topological polar surface area (TPSA) is 88.8 Å². The summed E-state index contributed by atoms with van der Waals surface area (Å²) < 4.78 is 24.3. The SMILES string of the molecule is CC(C)(C)OC(=O)NC(Cc1ccc(-c2ccccc2F)o1)C(=O)O. The van der Waals surface area contributed by atoms with Crippen molar-refractivity contribution in [3.05, 3.63) is 48.0 Å². The van der Waals surface area contributed by atoms with E-state index in [0.29, 0.717) is 5.76 Å². The maximum Gasteiger partial charge on any atom is 0.408 e. The molecule has 7 heteroatoms. The summed E-state index contributed by atoms with van der Waals surface area (Å²) in [6.45, 7) is 5.03. The Kier molecular flexibility index (Phi) is 5.46. The van der Waals surface area contributed by atoms with Crippen LogP contribution in [-0.2, 0) is 16.0 Å². The number of carboxylic acids is 1. The summed E-state index contributed by atoms with van der Waals surface area (Å²) in [4.78, 5) is 23.1. The Hall–Kier alpha value is -2.83. The van der Waals surface area contributed by atoms with Crippen molar-refractivity contribution in [2.24, 2.45) is 0 Å². The number of hydrogen-bond acceptors (Lipinski definition) is 4. The van der Waals surface area contributed by atoms with E-state index < -0.39 is 29.5 Å². The third-order valence-electron chi connectivity index (χ3n) is 3.20. The lowest BCUT2D eigenvalue weighted by Gasteiger charge is -2.21. The maximum absolute atomic E-state index is 13.8. The second-order valence-electron chi connectivity index (χ2n) is 6.49. The molecule has 134 valence electrons. The van der Waals surface area contributed by atoms with Crippen molar-refractivity contribution in [3.8, 4) is 11.3 Å². The Labute approximate surface area is 144 Å². The number of amides is 1. The summed E-state index contributed by atoms with van der Waals surface area (Å²) in [7, 11) is 0. The highest BCUT2D eigenvalue weighted by molar-refractivity contribution is 5.80. The Balaban J connectivity index is 2.09. The highest BCUT2D eigenvalue weighted by atomic mass is 19.1. The predicted octanol–water partition coefficient (Wildman–Crippen LogP) is 3.61. The first kappa shape index (κ1) is 18.5. The fourth-order valence-corrected chi connectivity index (χ4v) is 2.14. The van der Waals surface area contributed by atoms with E-state index in [0.717, 1.165) is 0 Å². The Morgan fingerprint density at radius 2 is 1.92 bits per heavy atom. The molecule has 2 aromatic rings. The minimum atomic E-state index is -1.23. The number of hydrogen-bond donors (Lipinski definition) is 2. The van der Waals surface area contributed by atoms with Gasteiger partial charge in [-0.15, -0.1) is 0 Å². The smallest absolute Gasteiger partial charge is 0.408 e. The van der Waals surface area contributed by atoms with E-state index in [9.17, 15) is 19.1 Å². The molecule has 1 heterocycles. The fourth-order valence-electron chi connectivity index (χ4n) is 2.14. The van der Waals surface area contributed by atoms with Gasteiger partial charge in [0.05, 0.1) is 5.56 Å². The zero-order valence-corrected chi connectivity index (χ0v) is 14.2. The normalized spacial score (nSPS) is 12.5. The minimum Gasteiger partial charge on any atom is -0.480 e. The van der Waals surface area contributed by atoms with Crippen LogP contribution in [0.3, 0.4) is 0 Å². The molecule has 0 aliphatic rings. The molecule has 6 nitrogen and oxygen atoms in total. The van der Waals surface area contributed by atoms with Crippen molar-refractivity contribution in [2.45, 2.75) is 38.8 Å². The number of ether oxygens (including phenoxy) is 1. The van der Waals surface area contributed by atoms with Crippen LogP contribution in [-0.4, -0.2) is 28.8 Å². The van der Waals surface area contributed by atoms with Crippen LogP contribution in [0.1, 0.15) is 26.5 Å². The number of halogens is 1. The van der Waals surface area contributed by atoms with Gasteiger partial charge in [0.1, 0.15) is 29.0 Å². The molecule has 0 aliphatic carbocycles. The molecular formula is C18H20FNO5. The number of rotatable bonds is 5. The first-order valence-corrected chi connectivity index (χ1v) is 7.71. The van der Waals surface area contributed by atoms with Crippen LogP contribution in [0, 0.1) is 5.82 Å². The molecule has 1 unspecified atom stereocenters. The molecule has 0 fully saturated rings. The highest BCUT2D eigenvalue weighted by Gasteiger charge is 2.25. The highest BCUT2D eigenvalue weighted by Crippen LogP contribution is 2.25. The molecule has 0 saturated heterocycles. The predicted molar refractivity (Wildman–Crippen MR) is 88.6 cm³/mol. The Morgan fingerprint density at radius 1 is 1.24 bits per heavy atom. The van der Waals surface area contributed by atoms with E-state index in [1.165, 1.54) is 6.07 Å². The Bertz CT molecular complexity index is 763. The van der Waals surface area contributed by atoms with E-state index in [4.69, 9.17) is 9.15 Å².